The molecule has 138 valence electrons. The first kappa shape index (κ1) is 19.0. The van der Waals surface area contributed by atoms with E-state index in [-0.39, 0.29) is 11.8 Å². The number of rotatable bonds is 6. The number of carbonyl (C=O) groups excluding carboxylic acids is 2. The van der Waals surface area contributed by atoms with Gasteiger partial charge in [0.2, 0.25) is 11.0 Å². The van der Waals surface area contributed by atoms with Crippen molar-refractivity contribution in [3.8, 4) is 0 Å². The number of amides is 2. The Hall–Kier alpha value is -2.77. The van der Waals surface area contributed by atoms with Crippen LogP contribution in [0.3, 0.4) is 0 Å². The lowest BCUT2D eigenvalue weighted by molar-refractivity contribution is -0.118. The summed E-state index contributed by atoms with van der Waals surface area (Å²) < 4.78 is 0. The molecule has 0 saturated carbocycles. The van der Waals surface area contributed by atoms with Crippen LogP contribution in [0.5, 0.6) is 0 Å². The highest BCUT2D eigenvalue weighted by Gasteiger charge is 2.23. The van der Waals surface area contributed by atoms with E-state index in [1.165, 1.54) is 11.3 Å². The van der Waals surface area contributed by atoms with Crippen LogP contribution in [-0.2, 0) is 11.2 Å². The predicted molar refractivity (Wildman–Crippen MR) is 106 cm³/mol. The van der Waals surface area contributed by atoms with E-state index in [1.54, 1.807) is 31.2 Å². The molecule has 2 N–H and O–H groups in total. The van der Waals surface area contributed by atoms with Gasteiger partial charge in [-0.15, -0.1) is 10.2 Å². The van der Waals surface area contributed by atoms with Crippen molar-refractivity contribution < 1.29 is 9.59 Å². The van der Waals surface area contributed by atoms with Crippen LogP contribution in [0.25, 0.3) is 0 Å². The first-order valence-electron chi connectivity index (χ1n) is 8.22. The molecule has 1 aromatic heterocycles. The molecule has 6 nitrogen and oxygen atoms in total. The largest absolute Gasteiger partial charge is 0.340 e. The highest BCUT2D eigenvalue weighted by molar-refractivity contribution is 7.15. The van der Waals surface area contributed by atoms with Crippen LogP contribution in [0.15, 0.2) is 54.6 Å². The number of hydrogen-bond acceptors (Lipinski definition) is 5. The zero-order valence-electron chi connectivity index (χ0n) is 14.5. The summed E-state index contributed by atoms with van der Waals surface area (Å²) in [4.78, 5) is 25.3. The Bertz CT molecular complexity index is 928. The molecule has 0 bridgehead atoms. The van der Waals surface area contributed by atoms with E-state index in [2.05, 4.69) is 20.8 Å². The van der Waals surface area contributed by atoms with Gasteiger partial charge in [0.05, 0.1) is 0 Å². The molecule has 27 heavy (non-hydrogen) atoms. The molecule has 0 aliphatic heterocycles. The Morgan fingerprint density at radius 2 is 1.78 bits per heavy atom. The number of carbonyl (C=O) groups is 2. The van der Waals surface area contributed by atoms with Crippen molar-refractivity contribution in [1.29, 1.82) is 0 Å². The van der Waals surface area contributed by atoms with Crippen LogP contribution in [0.1, 0.15) is 20.9 Å². The highest BCUT2D eigenvalue weighted by Crippen LogP contribution is 2.15. The topological polar surface area (TPSA) is 84.0 Å². The second-order valence-electron chi connectivity index (χ2n) is 5.84. The first-order valence-corrected chi connectivity index (χ1v) is 9.42. The van der Waals surface area contributed by atoms with Crippen LogP contribution in [0.2, 0.25) is 5.02 Å². The van der Waals surface area contributed by atoms with Crippen LogP contribution in [-0.4, -0.2) is 28.1 Å². The fourth-order valence-corrected chi connectivity index (χ4v) is 3.16. The van der Waals surface area contributed by atoms with E-state index in [9.17, 15) is 9.59 Å². The maximum absolute atomic E-state index is 12.7. The molecule has 0 saturated heterocycles. The number of nitrogens with zero attached hydrogens (tertiary/aromatic N) is 2. The molecule has 0 radical (unpaired) electrons. The van der Waals surface area contributed by atoms with Crippen molar-refractivity contribution in [1.82, 2.24) is 15.5 Å². The van der Waals surface area contributed by atoms with Crippen molar-refractivity contribution in [3.05, 3.63) is 75.8 Å². The number of hydrogen-bond donors (Lipinski definition) is 2. The minimum atomic E-state index is -0.764. The summed E-state index contributed by atoms with van der Waals surface area (Å²) in [5, 5.41) is 15.0. The molecular formula is C19H17ClN4O2S. The third kappa shape index (κ3) is 5.35. The molecule has 1 atom stereocenters. The van der Waals surface area contributed by atoms with Gasteiger partial charge in [-0.3, -0.25) is 14.9 Å². The standard InChI is InChI=1S/C19H17ClN4O2S/c1-12-23-24-19(27-12)22-18(26)16(11-13-5-3-2-4-6-13)21-17(25)14-7-9-15(20)10-8-14/h2-10,16H,11H2,1H3,(H,21,25)(H,22,24,26). The minimum Gasteiger partial charge on any atom is -0.340 e. The Labute approximate surface area is 165 Å². The van der Waals surface area contributed by atoms with Gasteiger partial charge in [0.15, 0.2) is 0 Å². The molecule has 8 heteroatoms. The smallest absolute Gasteiger partial charge is 0.251 e. The van der Waals surface area contributed by atoms with Crippen molar-refractivity contribution in [2.75, 3.05) is 5.32 Å². The molecule has 1 unspecified atom stereocenters. The van der Waals surface area contributed by atoms with Crippen molar-refractivity contribution >= 4 is 39.9 Å². The predicted octanol–water partition coefficient (Wildman–Crippen LogP) is 3.48. The number of halogens is 1. The SMILES string of the molecule is Cc1nnc(NC(=O)C(Cc2ccccc2)NC(=O)c2ccc(Cl)cc2)s1. The van der Waals surface area contributed by atoms with Crippen molar-refractivity contribution in [2.24, 2.45) is 0 Å². The van der Waals surface area contributed by atoms with E-state index in [4.69, 9.17) is 11.6 Å². The van der Waals surface area contributed by atoms with Gasteiger partial charge in [0, 0.05) is 17.0 Å². The van der Waals surface area contributed by atoms with Crippen LogP contribution in [0.4, 0.5) is 5.13 Å². The Balaban J connectivity index is 1.76. The Morgan fingerprint density at radius 1 is 1.07 bits per heavy atom. The lowest BCUT2D eigenvalue weighted by atomic mass is 10.0. The summed E-state index contributed by atoms with van der Waals surface area (Å²) in [6.45, 7) is 1.80. The van der Waals surface area contributed by atoms with Gasteiger partial charge in [-0.05, 0) is 36.8 Å². The molecule has 0 fully saturated rings. The number of aryl methyl sites for hydroxylation is 1. The van der Waals surface area contributed by atoms with Gasteiger partial charge >= 0.3 is 0 Å². The zero-order valence-corrected chi connectivity index (χ0v) is 16.1. The average Bonchev–Trinajstić information content (AvgIpc) is 3.07. The molecule has 0 aliphatic carbocycles. The van der Waals surface area contributed by atoms with E-state index in [0.29, 0.717) is 22.1 Å². The third-order valence-corrected chi connectivity index (χ3v) is 4.77. The van der Waals surface area contributed by atoms with Crippen LogP contribution >= 0.6 is 22.9 Å². The lowest BCUT2D eigenvalue weighted by Gasteiger charge is -2.18. The number of nitrogens with one attached hydrogen (secondary N) is 2. The third-order valence-electron chi connectivity index (χ3n) is 3.77. The first-order chi connectivity index (χ1) is 13.0. The van der Waals surface area contributed by atoms with Gasteiger partial charge in [-0.1, -0.05) is 53.3 Å². The highest BCUT2D eigenvalue weighted by atomic mass is 35.5. The maximum Gasteiger partial charge on any atom is 0.251 e. The van der Waals surface area contributed by atoms with E-state index >= 15 is 0 Å². The quantitative estimate of drug-likeness (QED) is 0.663. The fraction of sp³-hybridized carbons (Fsp3) is 0.158. The van der Waals surface area contributed by atoms with E-state index in [0.717, 1.165) is 10.6 Å². The van der Waals surface area contributed by atoms with Crippen molar-refractivity contribution in [2.45, 2.75) is 19.4 Å². The fourth-order valence-electron chi connectivity index (χ4n) is 2.44. The molecule has 2 amide bonds. The minimum absolute atomic E-state index is 0.350. The van der Waals surface area contributed by atoms with Crippen LogP contribution < -0.4 is 10.6 Å². The summed E-state index contributed by atoms with van der Waals surface area (Å²) in [5.41, 5.74) is 1.36. The van der Waals surface area contributed by atoms with Crippen molar-refractivity contribution in [3.63, 3.8) is 0 Å². The number of benzene rings is 2. The van der Waals surface area contributed by atoms with Crippen LogP contribution in [0, 0.1) is 6.92 Å². The molecule has 0 spiro atoms. The van der Waals surface area contributed by atoms with Gasteiger partial charge in [-0.2, -0.15) is 0 Å². The summed E-state index contributed by atoms with van der Waals surface area (Å²) >= 11 is 7.14. The van der Waals surface area contributed by atoms with Gasteiger partial charge in [-0.25, -0.2) is 0 Å². The van der Waals surface area contributed by atoms with Gasteiger partial charge < -0.3 is 5.32 Å². The average molecular weight is 401 g/mol. The molecule has 1 heterocycles. The molecule has 3 rings (SSSR count). The summed E-state index contributed by atoms with van der Waals surface area (Å²) in [6.07, 6.45) is 0.351. The van der Waals surface area contributed by atoms with E-state index < -0.39 is 6.04 Å². The zero-order chi connectivity index (χ0) is 19.2. The number of anilines is 1. The molecule has 2 aromatic carbocycles. The van der Waals surface area contributed by atoms with Gasteiger partial charge in [0.1, 0.15) is 11.0 Å². The number of aromatic nitrogens is 2. The maximum atomic E-state index is 12.7. The Morgan fingerprint density at radius 3 is 2.41 bits per heavy atom. The molecule has 3 aromatic rings. The van der Waals surface area contributed by atoms with E-state index in [1.807, 2.05) is 30.3 Å². The monoisotopic (exact) mass is 400 g/mol. The Kier molecular flexibility index (Phi) is 6.16. The van der Waals surface area contributed by atoms with Gasteiger partial charge in [0.25, 0.3) is 5.91 Å². The normalized spacial score (nSPS) is 11.6. The molecular weight excluding hydrogens is 384 g/mol. The summed E-state index contributed by atoms with van der Waals surface area (Å²) in [5.74, 6) is -0.700. The summed E-state index contributed by atoms with van der Waals surface area (Å²) in [6, 6.07) is 15.2. The second kappa shape index (κ2) is 8.75. The molecule has 0 aliphatic rings. The summed E-state index contributed by atoms with van der Waals surface area (Å²) in [7, 11) is 0. The lowest BCUT2D eigenvalue weighted by Crippen LogP contribution is -2.45. The second-order valence-corrected chi connectivity index (χ2v) is 7.46.